The van der Waals surface area contributed by atoms with Crippen LogP contribution in [-0.2, 0) is 11.2 Å². The number of rotatable bonds is 8. The van der Waals surface area contributed by atoms with E-state index in [0.29, 0.717) is 13.0 Å². The molecular weight excluding hydrogens is 230 g/mol. The molecule has 0 atom stereocenters. The molecule has 0 heterocycles. The van der Waals surface area contributed by atoms with E-state index >= 15 is 0 Å². The van der Waals surface area contributed by atoms with E-state index in [1.165, 1.54) is 0 Å². The van der Waals surface area contributed by atoms with Crippen LogP contribution in [-0.4, -0.2) is 31.3 Å². The van der Waals surface area contributed by atoms with Gasteiger partial charge in [0.25, 0.3) is 0 Å². The molecule has 0 fully saturated rings. The summed E-state index contributed by atoms with van der Waals surface area (Å²) in [6, 6.07) is 5.85. The summed E-state index contributed by atoms with van der Waals surface area (Å²) in [4.78, 5) is 10.5. The third-order valence-electron chi connectivity index (χ3n) is 2.70. The predicted molar refractivity (Wildman–Crippen MR) is 71.2 cm³/mol. The SMILES string of the molecule is CNCCCOc1ccc(CCC(=O)O)cc1C. The molecular formula is C14H21NO3. The van der Waals surface area contributed by atoms with E-state index in [4.69, 9.17) is 9.84 Å². The van der Waals surface area contributed by atoms with Crippen LogP contribution in [0.15, 0.2) is 18.2 Å². The van der Waals surface area contributed by atoms with Crippen molar-refractivity contribution < 1.29 is 14.6 Å². The van der Waals surface area contributed by atoms with Gasteiger partial charge in [-0.05, 0) is 50.6 Å². The van der Waals surface area contributed by atoms with E-state index in [1.807, 2.05) is 32.2 Å². The minimum absolute atomic E-state index is 0.168. The van der Waals surface area contributed by atoms with Crippen molar-refractivity contribution in [2.45, 2.75) is 26.2 Å². The molecule has 0 saturated carbocycles. The fourth-order valence-electron chi connectivity index (χ4n) is 1.71. The minimum atomic E-state index is -0.764. The second kappa shape index (κ2) is 7.71. The highest BCUT2D eigenvalue weighted by Crippen LogP contribution is 2.20. The monoisotopic (exact) mass is 251 g/mol. The van der Waals surface area contributed by atoms with Crippen molar-refractivity contribution in [3.05, 3.63) is 29.3 Å². The Balaban J connectivity index is 2.48. The van der Waals surface area contributed by atoms with Crippen molar-refractivity contribution in [3.63, 3.8) is 0 Å². The summed E-state index contributed by atoms with van der Waals surface area (Å²) in [6.07, 6.45) is 1.70. The van der Waals surface area contributed by atoms with Crippen LogP contribution in [0, 0.1) is 6.92 Å². The summed E-state index contributed by atoms with van der Waals surface area (Å²) in [5, 5.41) is 11.7. The Morgan fingerprint density at radius 1 is 1.44 bits per heavy atom. The van der Waals surface area contributed by atoms with Gasteiger partial charge in [-0.25, -0.2) is 0 Å². The first kappa shape index (κ1) is 14.5. The van der Waals surface area contributed by atoms with Crippen molar-refractivity contribution in [1.82, 2.24) is 5.32 Å². The van der Waals surface area contributed by atoms with Gasteiger partial charge in [0.2, 0.25) is 0 Å². The number of hydrogen-bond acceptors (Lipinski definition) is 3. The molecule has 4 heteroatoms. The van der Waals surface area contributed by atoms with Gasteiger partial charge in [0.1, 0.15) is 5.75 Å². The van der Waals surface area contributed by atoms with Gasteiger partial charge in [0, 0.05) is 6.42 Å². The lowest BCUT2D eigenvalue weighted by atomic mass is 10.1. The normalized spacial score (nSPS) is 10.3. The quantitative estimate of drug-likeness (QED) is 0.694. The number of carboxylic acids is 1. The summed E-state index contributed by atoms with van der Waals surface area (Å²) >= 11 is 0. The van der Waals surface area contributed by atoms with Gasteiger partial charge >= 0.3 is 5.97 Å². The van der Waals surface area contributed by atoms with Crippen molar-refractivity contribution in [2.75, 3.05) is 20.2 Å². The highest BCUT2D eigenvalue weighted by Gasteiger charge is 2.03. The maximum absolute atomic E-state index is 10.5. The lowest BCUT2D eigenvalue weighted by Crippen LogP contribution is -2.11. The van der Waals surface area contributed by atoms with Gasteiger partial charge in [0.15, 0.2) is 0 Å². The molecule has 0 saturated heterocycles. The lowest BCUT2D eigenvalue weighted by molar-refractivity contribution is -0.136. The highest BCUT2D eigenvalue weighted by molar-refractivity contribution is 5.67. The maximum atomic E-state index is 10.5. The van der Waals surface area contributed by atoms with Crippen LogP contribution in [0.2, 0.25) is 0 Å². The van der Waals surface area contributed by atoms with Crippen LogP contribution in [0.25, 0.3) is 0 Å². The fourth-order valence-corrected chi connectivity index (χ4v) is 1.71. The van der Waals surface area contributed by atoms with Gasteiger partial charge in [-0.2, -0.15) is 0 Å². The molecule has 0 spiro atoms. The van der Waals surface area contributed by atoms with Crippen LogP contribution < -0.4 is 10.1 Å². The Morgan fingerprint density at radius 3 is 2.83 bits per heavy atom. The Hall–Kier alpha value is -1.55. The first-order valence-corrected chi connectivity index (χ1v) is 6.22. The molecule has 1 rings (SSSR count). The van der Waals surface area contributed by atoms with Crippen LogP contribution in [0.1, 0.15) is 24.0 Å². The zero-order chi connectivity index (χ0) is 13.4. The molecule has 4 nitrogen and oxygen atoms in total. The number of aryl methyl sites for hydroxylation is 2. The van der Waals surface area contributed by atoms with Crippen LogP contribution in [0.3, 0.4) is 0 Å². The van der Waals surface area contributed by atoms with E-state index < -0.39 is 5.97 Å². The van der Waals surface area contributed by atoms with Gasteiger partial charge in [-0.3, -0.25) is 4.79 Å². The Kier molecular flexibility index (Phi) is 6.22. The molecule has 0 amide bonds. The van der Waals surface area contributed by atoms with E-state index in [2.05, 4.69) is 5.32 Å². The van der Waals surface area contributed by atoms with Gasteiger partial charge in [-0.15, -0.1) is 0 Å². The third kappa shape index (κ3) is 5.19. The molecule has 0 bridgehead atoms. The zero-order valence-corrected chi connectivity index (χ0v) is 11.0. The summed E-state index contributed by atoms with van der Waals surface area (Å²) in [5.41, 5.74) is 2.10. The summed E-state index contributed by atoms with van der Waals surface area (Å²) < 4.78 is 5.66. The molecule has 0 radical (unpaired) electrons. The average Bonchev–Trinajstić information content (AvgIpc) is 2.34. The van der Waals surface area contributed by atoms with Gasteiger partial charge < -0.3 is 15.2 Å². The molecule has 0 aliphatic heterocycles. The third-order valence-corrected chi connectivity index (χ3v) is 2.70. The number of carboxylic acid groups (broad SMARTS) is 1. The molecule has 0 unspecified atom stereocenters. The van der Waals surface area contributed by atoms with Crippen LogP contribution in [0.5, 0.6) is 5.75 Å². The van der Waals surface area contributed by atoms with Crippen molar-refractivity contribution in [3.8, 4) is 5.75 Å². The van der Waals surface area contributed by atoms with E-state index in [9.17, 15) is 4.79 Å². The lowest BCUT2D eigenvalue weighted by Gasteiger charge is -2.10. The number of ether oxygens (including phenoxy) is 1. The van der Waals surface area contributed by atoms with Gasteiger partial charge in [0.05, 0.1) is 6.61 Å². The maximum Gasteiger partial charge on any atom is 0.303 e. The Bertz CT molecular complexity index is 391. The number of hydrogen-bond donors (Lipinski definition) is 2. The smallest absolute Gasteiger partial charge is 0.303 e. The zero-order valence-electron chi connectivity index (χ0n) is 11.0. The Labute approximate surface area is 108 Å². The first-order valence-electron chi connectivity index (χ1n) is 6.22. The predicted octanol–water partition coefficient (Wildman–Crippen LogP) is 2.00. The summed E-state index contributed by atoms with van der Waals surface area (Å²) in [5.74, 6) is 0.116. The summed E-state index contributed by atoms with van der Waals surface area (Å²) in [7, 11) is 1.92. The Morgan fingerprint density at radius 2 is 2.22 bits per heavy atom. The second-order valence-electron chi connectivity index (χ2n) is 4.30. The number of aliphatic carboxylic acids is 1. The second-order valence-corrected chi connectivity index (χ2v) is 4.30. The molecule has 2 N–H and O–H groups in total. The minimum Gasteiger partial charge on any atom is -0.493 e. The topological polar surface area (TPSA) is 58.6 Å². The fraction of sp³-hybridized carbons (Fsp3) is 0.500. The average molecular weight is 251 g/mol. The standard InChI is InChI=1S/C14H21NO3/c1-11-10-12(5-7-14(16)17)4-6-13(11)18-9-3-8-15-2/h4,6,10,15H,3,5,7-9H2,1-2H3,(H,16,17). The number of nitrogens with one attached hydrogen (secondary N) is 1. The van der Waals surface area contributed by atoms with Crippen molar-refractivity contribution in [2.24, 2.45) is 0 Å². The molecule has 18 heavy (non-hydrogen) atoms. The number of benzene rings is 1. The molecule has 1 aromatic rings. The van der Waals surface area contributed by atoms with E-state index in [0.717, 1.165) is 29.8 Å². The van der Waals surface area contributed by atoms with Crippen LogP contribution >= 0.6 is 0 Å². The van der Waals surface area contributed by atoms with Crippen molar-refractivity contribution in [1.29, 1.82) is 0 Å². The summed E-state index contributed by atoms with van der Waals surface area (Å²) in [6.45, 7) is 3.61. The molecule has 100 valence electrons. The highest BCUT2D eigenvalue weighted by atomic mass is 16.5. The van der Waals surface area contributed by atoms with Crippen molar-refractivity contribution >= 4 is 5.97 Å². The molecule has 1 aromatic carbocycles. The molecule has 0 aromatic heterocycles. The molecule has 0 aliphatic carbocycles. The molecule has 0 aliphatic rings. The first-order chi connectivity index (χ1) is 8.63. The van der Waals surface area contributed by atoms with E-state index in [1.54, 1.807) is 0 Å². The number of carbonyl (C=O) groups is 1. The largest absolute Gasteiger partial charge is 0.493 e. The van der Waals surface area contributed by atoms with E-state index in [-0.39, 0.29) is 6.42 Å². The van der Waals surface area contributed by atoms with Crippen LogP contribution in [0.4, 0.5) is 0 Å². The van der Waals surface area contributed by atoms with Gasteiger partial charge in [-0.1, -0.05) is 12.1 Å².